The summed E-state index contributed by atoms with van der Waals surface area (Å²) in [5.74, 6) is -0.0155. The van der Waals surface area contributed by atoms with E-state index in [2.05, 4.69) is 4.74 Å². The maximum atomic E-state index is 12.0. The van der Waals surface area contributed by atoms with Crippen molar-refractivity contribution < 1.29 is 23.8 Å². The highest BCUT2D eigenvalue weighted by Crippen LogP contribution is 2.17. The standard InChI is InChI=1S/C22H21NO5/c1-16-8-10-19(11-9-16)27-12-4-7-21(24)28-20-6-3-5-17(14-20)13-18(15-23)22(25)26-2/h3,5-6,8-11,13-14H,4,7,12H2,1-2H3/b18-13+. The number of methoxy groups -OCH3 is 1. The monoisotopic (exact) mass is 379 g/mol. The van der Waals surface area contributed by atoms with Gasteiger partial charge in [-0.2, -0.15) is 5.26 Å². The van der Waals surface area contributed by atoms with Crippen molar-refractivity contribution in [3.05, 3.63) is 65.2 Å². The highest BCUT2D eigenvalue weighted by Gasteiger charge is 2.10. The molecule has 2 aromatic carbocycles. The number of carbonyl (C=O) groups is 2. The van der Waals surface area contributed by atoms with Crippen LogP contribution in [0.25, 0.3) is 6.08 Å². The molecule has 0 amide bonds. The molecule has 0 bridgehead atoms. The van der Waals surface area contributed by atoms with Crippen molar-refractivity contribution in [3.8, 4) is 17.6 Å². The van der Waals surface area contributed by atoms with Gasteiger partial charge in [0.15, 0.2) is 0 Å². The molecular weight excluding hydrogens is 358 g/mol. The number of nitriles is 1. The fourth-order valence-corrected chi connectivity index (χ4v) is 2.30. The Bertz CT molecular complexity index is 894. The third kappa shape index (κ3) is 6.61. The second kappa shape index (κ2) is 10.5. The molecule has 2 rings (SSSR count). The van der Waals surface area contributed by atoms with Gasteiger partial charge in [-0.15, -0.1) is 0 Å². The topological polar surface area (TPSA) is 85.6 Å². The summed E-state index contributed by atoms with van der Waals surface area (Å²) in [5, 5.41) is 9.00. The molecule has 0 fully saturated rings. The molecule has 0 radical (unpaired) electrons. The molecule has 0 aliphatic rings. The second-order valence-corrected chi connectivity index (χ2v) is 5.97. The van der Waals surface area contributed by atoms with E-state index in [1.807, 2.05) is 31.2 Å². The lowest BCUT2D eigenvalue weighted by atomic mass is 10.1. The van der Waals surface area contributed by atoms with E-state index in [0.717, 1.165) is 11.3 Å². The molecule has 28 heavy (non-hydrogen) atoms. The normalized spacial score (nSPS) is 10.7. The van der Waals surface area contributed by atoms with E-state index in [9.17, 15) is 9.59 Å². The van der Waals surface area contributed by atoms with Crippen molar-refractivity contribution in [2.45, 2.75) is 19.8 Å². The molecule has 0 aliphatic heterocycles. The van der Waals surface area contributed by atoms with E-state index in [1.54, 1.807) is 30.3 Å². The first-order valence-corrected chi connectivity index (χ1v) is 8.72. The van der Waals surface area contributed by atoms with Crippen molar-refractivity contribution >= 4 is 18.0 Å². The van der Waals surface area contributed by atoms with Gasteiger partial charge in [-0.1, -0.05) is 29.8 Å². The van der Waals surface area contributed by atoms with Gasteiger partial charge in [0.25, 0.3) is 0 Å². The van der Waals surface area contributed by atoms with Crippen LogP contribution in [-0.4, -0.2) is 25.7 Å². The van der Waals surface area contributed by atoms with Gasteiger partial charge in [0.1, 0.15) is 23.1 Å². The van der Waals surface area contributed by atoms with Gasteiger partial charge in [0.05, 0.1) is 13.7 Å². The average molecular weight is 379 g/mol. The van der Waals surface area contributed by atoms with Crippen LogP contribution >= 0.6 is 0 Å². The zero-order valence-electron chi connectivity index (χ0n) is 15.8. The minimum atomic E-state index is -0.724. The van der Waals surface area contributed by atoms with Crippen LogP contribution in [-0.2, 0) is 14.3 Å². The number of hydrogen-bond acceptors (Lipinski definition) is 6. The molecule has 2 aromatic rings. The molecule has 0 saturated carbocycles. The Morgan fingerprint density at radius 3 is 2.54 bits per heavy atom. The molecule has 0 N–H and O–H groups in total. The quantitative estimate of drug-likeness (QED) is 0.228. The van der Waals surface area contributed by atoms with E-state index >= 15 is 0 Å². The van der Waals surface area contributed by atoms with Gasteiger partial charge in [0, 0.05) is 6.42 Å². The molecule has 0 heterocycles. The predicted octanol–water partition coefficient (Wildman–Crippen LogP) is 3.84. The summed E-state index contributed by atoms with van der Waals surface area (Å²) in [4.78, 5) is 23.5. The number of hydrogen-bond donors (Lipinski definition) is 0. The van der Waals surface area contributed by atoms with Gasteiger partial charge in [-0.3, -0.25) is 4.79 Å². The first-order valence-electron chi connectivity index (χ1n) is 8.72. The lowest BCUT2D eigenvalue weighted by Gasteiger charge is -2.07. The largest absolute Gasteiger partial charge is 0.494 e. The van der Waals surface area contributed by atoms with E-state index in [-0.39, 0.29) is 18.0 Å². The van der Waals surface area contributed by atoms with Gasteiger partial charge in [-0.25, -0.2) is 4.79 Å². The lowest BCUT2D eigenvalue weighted by molar-refractivity contribution is -0.136. The Balaban J connectivity index is 1.85. The number of nitrogens with zero attached hydrogens (tertiary/aromatic N) is 1. The van der Waals surface area contributed by atoms with E-state index in [4.69, 9.17) is 14.7 Å². The molecule has 6 nitrogen and oxygen atoms in total. The van der Waals surface area contributed by atoms with Crippen LogP contribution in [0.2, 0.25) is 0 Å². The van der Waals surface area contributed by atoms with Crippen molar-refractivity contribution in [1.82, 2.24) is 0 Å². The molecule has 6 heteroatoms. The van der Waals surface area contributed by atoms with Gasteiger partial charge in [0.2, 0.25) is 0 Å². The zero-order valence-corrected chi connectivity index (χ0v) is 15.8. The SMILES string of the molecule is COC(=O)/C(C#N)=C/c1cccc(OC(=O)CCCOc2ccc(C)cc2)c1. The summed E-state index contributed by atoms with van der Waals surface area (Å²) in [6.07, 6.45) is 2.10. The highest BCUT2D eigenvalue weighted by atomic mass is 16.5. The summed E-state index contributed by atoms with van der Waals surface area (Å²) in [5.41, 5.74) is 1.57. The lowest BCUT2D eigenvalue weighted by Crippen LogP contribution is -2.10. The Morgan fingerprint density at radius 2 is 1.86 bits per heavy atom. The molecule has 0 aromatic heterocycles. The number of aryl methyl sites for hydroxylation is 1. The van der Waals surface area contributed by atoms with E-state index in [1.165, 1.54) is 13.2 Å². The second-order valence-electron chi connectivity index (χ2n) is 5.97. The highest BCUT2D eigenvalue weighted by molar-refractivity contribution is 5.97. The minimum absolute atomic E-state index is 0.140. The number of benzene rings is 2. The maximum absolute atomic E-state index is 12.0. The van der Waals surface area contributed by atoms with E-state index in [0.29, 0.717) is 24.3 Å². The fourth-order valence-electron chi connectivity index (χ4n) is 2.30. The zero-order chi connectivity index (χ0) is 20.4. The van der Waals surface area contributed by atoms with Crippen molar-refractivity contribution in [2.75, 3.05) is 13.7 Å². The molecule has 144 valence electrons. The van der Waals surface area contributed by atoms with Crippen LogP contribution in [0.5, 0.6) is 11.5 Å². The first-order chi connectivity index (χ1) is 13.5. The summed E-state index contributed by atoms with van der Waals surface area (Å²) >= 11 is 0. The summed E-state index contributed by atoms with van der Waals surface area (Å²) in [6.45, 7) is 2.41. The predicted molar refractivity (Wildman–Crippen MR) is 104 cm³/mol. The third-order valence-corrected chi connectivity index (χ3v) is 3.74. The van der Waals surface area contributed by atoms with E-state index < -0.39 is 5.97 Å². The molecule has 0 atom stereocenters. The Morgan fingerprint density at radius 1 is 1.11 bits per heavy atom. The maximum Gasteiger partial charge on any atom is 0.348 e. The van der Waals surface area contributed by atoms with Crippen molar-refractivity contribution in [3.63, 3.8) is 0 Å². The van der Waals surface area contributed by atoms with Gasteiger partial charge >= 0.3 is 11.9 Å². The van der Waals surface area contributed by atoms with Crippen LogP contribution in [0.15, 0.2) is 54.1 Å². The van der Waals surface area contributed by atoms with Crippen LogP contribution in [0.1, 0.15) is 24.0 Å². The van der Waals surface area contributed by atoms with Crippen LogP contribution < -0.4 is 9.47 Å². The van der Waals surface area contributed by atoms with Crippen molar-refractivity contribution in [2.24, 2.45) is 0 Å². The van der Waals surface area contributed by atoms with Gasteiger partial charge < -0.3 is 14.2 Å². The molecular formula is C22H21NO5. The first kappa shape index (κ1) is 20.7. The summed E-state index contributed by atoms with van der Waals surface area (Å²) < 4.78 is 15.4. The average Bonchev–Trinajstić information content (AvgIpc) is 2.70. The molecule has 0 spiro atoms. The molecule has 0 unspecified atom stereocenters. The third-order valence-electron chi connectivity index (χ3n) is 3.74. The number of ether oxygens (including phenoxy) is 3. The van der Waals surface area contributed by atoms with Crippen LogP contribution in [0.4, 0.5) is 0 Å². The number of esters is 2. The minimum Gasteiger partial charge on any atom is -0.494 e. The van der Waals surface area contributed by atoms with Gasteiger partial charge in [-0.05, 0) is 49.2 Å². The Hall–Kier alpha value is -3.59. The van der Waals surface area contributed by atoms with Crippen LogP contribution in [0.3, 0.4) is 0 Å². The molecule has 0 saturated heterocycles. The Labute approximate surface area is 164 Å². The smallest absolute Gasteiger partial charge is 0.348 e. The van der Waals surface area contributed by atoms with Crippen molar-refractivity contribution in [1.29, 1.82) is 5.26 Å². The fraction of sp³-hybridized carbons (Fsp3) is 0.227. The molecule has 0 aliphatic carbocycles. The Kier molecular flexibility index (Phi) is 7.79. The number of carbonyl (C=O) groups excluding carboxylic acids is 2. The summed E-state index contributed by atoms with van der Waals surface area (Å²) in [6, 6.07) is 16.0. The van der Waals surface area contributed by atoms with Crippen LogP contribution in [0, 0.1) is 18.3 Å². The summed E-state index contributed by atoms with van der Waals surface area (Å²) in [7, 11) is 1.20. The number of rotatable bonds is 8.